The van der Waals surface area contributed by atoms with Crippen molar-refractivity contribution in [3.8, 4) is 5.75 Å². The molecule has 3 heteroatoms. The second-order valence-corrected chi connectivity index (χ2v) is 5.68. The van der Waals surface area contributed by atoms with E-state index in [0.717, 1.165) is 5.56 Å². The van der Waals surface area contributed by atoms with Gasteiger partial charge in [0.25, 0.3) is 0 Å². The number of aliphatic hydroxyl groups is 1. The fourth-order valence-corrected chi connectivity index (χ4v) is 1.94. The molecule has 0 aliphatic carbocycles. The maximum Gasteiger partial charge on any atom is 0.125 e. The van der Waals surface area contributed by atoms with E-state index >= 15 is 0 Å². The first-order valence-corrected chi connectivity index (χ1v) is 6.32. The Labute approximate surface area is 113 Å². The van der Waals surface area contributed by atoms with Gasteiger partial charge in [-0.15, -0.1) is 0 Å². The number of nitrogens with zero attached hydrogens (tertiary/aromatic N) is 1. The van der Waals surface area contributed by atoms with Crippen LogP contribution in [0.4, 0.5) is 0 Å². The van der Waals surface area contributed by atoms with Gasteiger partial charge in [0.2, 0.25) is 0 Å². The normalized spacial score (nSPS) is 13.3. The van der Waals surface area contributed by atoms with Crippen molar-refractivity contribution < 1.29 is 10.2 Å². The van der Waals surface area contributed by atoms with Gasteiger partial charge < -0.3 is 10.2 Å². The first-order valence-electron chi connectivity index (χ1n) is 6.32. The van der Waals surface area contributed by atoms with Crippen molar-refractivity contribution in [2.75, 3.05) is 0 Å². The summed E-state index contributed by atoms with van der Waals surface area (Å²) >= 11 is 0. The summed E-state index contributed by atoms with van der Waals surface area (Å²) in [5, 5.41) is 20.3. The van der Waals surface area contributed by atoms with E-state index in [2.05, 4.69) is 25.8 Å². The van der Waals surface area contributed by atoms with Crippen molar-refractivity contribution in [1.29, 1.82) is 0 Å². The molecule has 2 N–H and O–H groups in total. The molecule has 0 saturated heterocycles. The van der Waals surface area contributed by atoms with Gasteiger partial charge in [0.05, 0.1) is 5.69 Å². The molecule has 0 aliphatic rings. The molecule has 0 bridgehead atoms. The minimum absolute atomic E-state index is 0.0354. The van der Waals surface area contributed by atoms with E-state index in [1.54, 1.807) is 24.4 Å². The number of rotatable bonds is 2. The molecule has 1 aromatic heterocycles. The molecule has 3 nitrogen and oxygen atoms in total. The molecule has 100 valence electrons. The quantitative estimate of drug-likeness (QED) is 0.868. The first-order chi connectivity index (χ1) is 8.89. The van der Waals surface area contributed by atoms with Crippen molar-refractivity contribution in [2.24, 2.45) is 0 Å². The van der Waals surface area contributed by atoms with Crippen molar-refractivity contribution in [3.63, 3.8) is 0 Å². The molecule has 0 radical (unpaired) electrons. The number of phenols is 1. The maximum atomic E-state index is 10.3. The monoisotopic (exact) mass is 257 g/mol. The van der Waals surface area contributed by atoms with Gasteiger partial charge in [-0.1, -0.05) is 32.9 Å². The molecule has 0 amide bonds. The van der Waals surface area contributed by atoms with Gasteiger partial charge >= 0.3 is 0 Å². The number of hydrogen-bond donors (Lipinski definition) is 2. The Kier molecular flexibility index (Phi) is 3.58. The molecule has 0 unspecified atom stereocenters. The summed E-state index contributed by atoms with van der Waals surface area (Å²) in [7, 11) is 0. The van der Waals surface area contributed by atoms with E-state index in [9.17, 15) is 10.2 Å². The third-order valence-electron chi connectivity index (χ3n) is 3.16. The lowest BCUT2D eigenvalue weighted by molar-refractivity contribution is 0.210. The Bertz CT molecular complexity index is 559. The second kappa shape index (κ2) is 5.02. The molecule has 0 saturated carbocycles. The van der Waals surface area contributed by atoms with Crippen molar-refractivity contribution >= 4 is 0 Å². The molecule has 19 heavy (non-hydrogen) atoms. The van der Waals surface area contributed by atoms with Crippen LogP contribution in [0.25, 0.3) is 0 Å². The summed E-state index contributed by atoms with van der Waals surface area (Å²) < 4.78 is 0. The van der Waals surface area contributed by atoms with Crippen LogP contribution in [0.5, 0.6) is 5.75 Å². The highest BCUT2D eigenvalue weighted by atomic mass is 16.3. The average Bonchev–Trinajstić information content (AvgIpc) is 2.38. The fraction of sp³-hybridized carbons (Fsp3) is 0.312. The van der Waals surface area contributed by atoms with E-state index < -0.39 is 6.10 Å². The number of aromatic hydroxyl groups is 1. The van der Waals surface area contributed by atoms with Gasteiger partial charge in [-0.3, -0.25) is 4.98 Å². The molecule has 0 aliphatic heterocycles. The molecule has 1 aromatic carbocycles. The number of phenolic OH excluding ortho intramolecular Hbond substituents is 1. The van der Waals surface area contributed by atoms with E-state index in [0.29, 0.717) is 11.3 Å². The van der Waals surface area contributed by atoms with Gasteiger partial charge in [0.15, 0.2) is 0 Å². The largest absolute Gasteiger partial charge is 0.508 e. The van der Waals surface area contributed by atoms with Crippen LogP contribution in [-0.4, -0.2) is 15.2 Å². The van der Waals surface area contributed by atoms with Gasteiger partial charge in [-0.2, -0.15) is 0 Å². The lowest BCUT2D eigenvalue weighted by atomic mass is 9.85. The molecule has 0 spiro atoms. The number of aromatic nitrogens is 1. The number of pyridine rings is 1. The summed E-state index contributed by atoms with van der Waals surface area (Å²) in [6, 6.07) is 10.7. The lowest BCUT2D eigenvalue weighted by Crippen LogP contribution is -2.12. The Morgan fingerprint density at radius 3 is 2.42 bits per heavy atom. The summed E-state index contributed by atoms with van der Waals surface area (Å²) in [4.78, 5) is 4.13. The van der Waals surface area contributed by atoms with Crippen LogP contribution < -0.4 is 0 Å². The van der Waals surface area contributed by atoms with Crippen molar-refractivity contribution in [3.05, 3.63) is 59.4 Å². The smallest absolute Gasteiger partial charge is 0.125 e. The highest BCUT2D eigenvalue weighted by molar-refractivity contribution is 5.42. The molecular formula is C16H19NO2. The standard InChI is InChI=1S/C16H19NO2/c1-16(2,3)11-7-8-14(18)12(10-11)15(19)13-6-4-5-9-17-13/h4-10,15,18-19H,1-3H3/t15-/m0/s1. The molecule has 0 fully saturated rings. The minimum Gasteiger partial charge on any atom is -0.508 e. The van der Waals surface area contributed by atoms with E-state index in [-0.39, 0.29) is 11.2 Å². The molecule has 2 rings (SSSR count). The van der Waals surface area contributed by atoms with E-state index in [1.807, 2.05) is 18.2 Å². The highest BCUT2D eigenvalue weighted by Crippen LogP contribution is 2.32. The predicted octanol–water partition coefficient (Wildman–Crippen LogP) is 3.17. The summed E-state index contributed by atoms with van der Waals surface area (Å²) in [5.74, 6) is 0.0890. The first kappa shape index (κ1) is 13.6. The van der Waals surface area contributed by atoms with E-state index in [4.69, 9.17) is 0 Å². The van der Waals surface area contributed by atoms with Crippen LogP contribution in [-0.2, 0) is 5.41 Å². The Hall–Kier alpha value is -1.87. The molecule has 1 heterocycles. The van der Waals surface area contributed by atoms with Crippen LogP contribution >= 0.6 is 0 Å². The lowest BCUT2D eigenvalue weighted by Gasteiger charge is -2.21. The third kappa shape index (κ3) is 2.93. The SMILES string of the molecule is CC(C)(C)c1ccc(O)c([C@H](O)c2ccccn2)c1. The molecular weight excluding hydrogens is 238 g/mol. The maximum absolute atomic E-state index is 10.3. The number of aliphatic hydroxyl groups excluding tert-OH is 1. The topological polar surface area (TPSA) is 53.4 Å². The van der Waals surface area contributed by atoms with Crippen LogP contribution in [0, 0.1) is 0 Å². The van der Waals surface area contributed by atoms with Gasteiger partial charge in [-0.25, -0.2) is 0 Å². The van der Waals surface area contributed by atoms with E-state index in [1.165, 1.54) is 0 Å². The summed E-state index contributed by atoms with van der Waals surface area (Å²) in [6.07, 6.45) is 0.715. The van der Waals surface area contributed by atoms with Crippen molar-refractivity contribution in [2.45, 2.75) is 32.3 Å². The Morgan fingerprint density at radius 1 is 1.11 bits per heavy atom. The van der Waals surface area contributed by atoms with Crippen LogP contribution in [0.2, 0.25) is 0 Å². The zero-order valence-corrected chi connectivity index (χ0v) is 11.5. The second-order valence-electron chi connectivity index (χ2n) is 5.68. The van der Waals surface area contributed by atoms with Crippen LogP contribution in [0.1, 0.15) is 43.7 Å². The zero-order valence-electron chi connectivity index (χ0n) is 11.5. The third-order valence-corrected chi connectivity index (χ3v) is 3.16. The minimum atomic E-state index is -0.913. The van der Waals surface area contributed by atoms with Crippen LogP contribution in [0.15, 0.2) is 42.6 Å². The fourth-order valence-electron chi connectivity index (χ4n) is 1.94. The van der Waals surface area contributed by atoms with Crippen LogP contribution in [0.3, 0.4) is 0 Å². The van der Waals surface area contributed by atoms with Gasteiger partial charge in [0, 0.05) is 11.8 Å². The van der Waals surface area contributed by atoms with Crippen molar-refractivity contribution in [1.82, 2.24) is 4.98 Å². The summed E-state index contributed by atoms with van der Waals surface area (Å²) in [5.41, 5.74) is 2.05. The molecule has 2 aromatic rings. The summed E-state index contributed by atoms with van der Waals surface area (Å²) in [6.45, 7) is 6.28. The average molecular weight is 257 g/mol. The predicted molar refractivity (Wildman–Crippen MR) is 75.1 cm³/mol. The number of hydrogen-bond acceptors (Lipinski definition) is 3. The molecule has 1 atom stereocenters. The number of benzene rings is 1. The van der Waals surface area contributed by atoms with Gasteiger partial charge in [0.1, 0.15) is 11.9 Å². The van der Waals surface area contributed by atoms with Gasteiger partial charge in [-0.05, 0) is 35.2 Å². The Morgan fingerprint density at radius 2 is 1.84 bits per heavy atom. The Balaban J connectivity index is 2.45. The zero-order chi connectivity index (χ0) is 14.0. The highest BCUT2D eigenvalue weighted by Gasteiger charge is 2.20.